The molecule has 0 atom stereocenters. The lowest BCUT2D eigenvalue weighted by Gasteiger charge is -2.13. The van der Waals surface area contributed by atoms with Gasteiger partial charge < -0.3 is 15.7 Å². The van der Waals surface area contributed by atoms with Crippen LogP contribution in [0.25, 0.3) is 0 Å². The molecule has 3 N–H and O–H groups in total. The van der Waals surface area contributed by atoms with E-state index in [1.54, 1.807) is 4.68 Å². The molecule has 0 aromatic carbocycles. The molecule has 7 heteroatoms. The first-order valence-electron chi connectivity index (χ1n) is 7.81. The number of rotatable bonds is 4. The summed E-state index contributed by atoms with van der Waals surface area (Å²) >= 11 is 0. The monoisotopic (exact) mass is 306 g/mol. The highest BCUT2D eigenvalue weighted by Gasteiger charge is 2.44. The van der Waals surface area contributed by atoms with E-state index in [-0.39, 0.29) is 6.61 Å². The molecule has 7 nitrogen and oxygen atoms in total. The molecule has 2 aliphatic carbocycles. The Morgan fingerprint density at radius 2 is 2.05 bits per heavy atom. The Labute approximate surface area is 129 Å². The Kier molecular flexibility index (Phi) is 3.90. The van der Waals surface area contributed by atoms with E-state index >= 15 is 0 Å². The molecule has 0 aliphatic heterocycles. The van der Waals surface area contributed by atoms with Crippen LogP contribution in [0.1, 0.15) is 50.1 Å². The van der Waals surface area contributed by atoms with E-state index in [0.29, 0.717) is 24.6 Å². The first kappa shape index (κ1) is 15.0. The van der Waals surface area contributed by atoms with Crippen LogP contribution in [0.5, 0.6) is 0 Å². The zero-order valence-electron chi connectivity index (χ0n) is 12.8. The van der Waals surface area contributed by atoms with Gasteiger partial charge in [0.1, 0.15) is 0 Å². The highest BCUT2D eigenvalue weighted by Crippen LogP contribution is 2.35. The van der Waals surface area contributed by atoms with Gasteiger partial charge in [0.15, 0.2) is 5.82 Å². The van der Waals surface area contributed by atoms with Crippen LogP contribution >= 0.6 is 0 Å². The van der Waals surface area contributed by atoms with Crippen molar-refractivity contribution in [1.82, 2.24) is 15.1 Å². The van der Waals surface area contributed by atoms with E-state index in [9.17, 15) is 14.7 Å². The molecule has 2 saturated carbocycles. The summed E-state index contributed by atoms with van der Waals surface area (Å²) in [5, 5.41) is 18.6. The van der Waals surface area contributed by atoms with Gasteiger partial charge in [0.05, 0.1) is 12.1 Å². The molecule has 2 fully saturated rings. The standard InChI is InChI=1S/C15H22N4O3/c1-19-11(10-4-2-3-5-10)8-12(18-19)16-13(21)14(22)17-15(9-20)6-7-15/h8,10,20H,2-7,9H2,1H3,(H,17,22)(H,16,18,21). The van der Waals surface area contributed by atoms with Gasteiger partial charge in [-0.2, -0.15) is 5.10 Å². The zero-order chi connectivity index (χ0) is 15.7. The van der Waals surface area contributed by atoms with E-state index in [1.165, 1.54) is 12.8 Å². The quantitative estimate of drug-likeness (QED) is 0.712. The third-order valence-corrected chi connectivity index (χ3v) is 4.67. The molecule has 2 amide bonds. The Bertz CT molecular complexity index is 586. The van der Waals surface area contributed by atoms with Gasteiger partial charge in [-0.15, -0.1) is 0 Å². The Morgan fingerprint density at radius 3 is 2.64 bits per heavy atom. The molecular formula is C15H22N4O3. The first-order chi connectivity index (χ1) is 10.5. The van der Waals surface area contributed by atoms with Crippen molar-refractivity contribution in [1.29, 1.82) is 0 Å². The maximum Gasteiger partial charge on any atom is 0.314 e. The molecule has 120 valence electrons. The highest BCUT2D eigenvalue weighted by molar-refractivity contribution is 6.39. The van der Waals surface area contributed by atoms with Crippen molar-refractivity contribution in [3.05, 3.63) is 11.8 Å². The fourth-order valence-corrected chi connectivity index (χ4v) is 3.09. The van der Waals surface area contributed by atoms with Gasteiger partial charge in [0, 0.05) is 24.7 Å². The zero-order valence-corrected chi connectivity index (χ0v) is 12.8. The Hall–Kier alpha value is -1.89. The summed E-state index contributed by atoms with van der Waals surface area (Å²) in [4.78, 5) is 23.8. The van der Waals surface area contributed by atoms with Crippen LogP contribution < -0.4 is 10.6 Å². The van der Waals surface area contributed by atoms with Gasteiger partial charge in [-0.25, -0.2) is 0 Å². The van der Waals surface area contributed by atoms with E-state index in [2.05, 4.69) is 15.7 Å². The Balaban J connectivity index is 1.61. The maximum absolute atomic E-state index is 11.9. The molecule has 0 spiro atoms. The largest absolute Gasteiger partial charge is 0.394 e. The number of aromatic nitrogens is 2. The molecule has 2 aliphatic rings. The first-order valence-corrected chi connectivity index (χ1v) is 7.81. The summed E-state index contributed by atoms with van der Waals surface area (Å²) in [6, 6.07) is 1.85. The van der Waals surface area contributed by atoms with Gasteiger partial charge in [0.25, 0.3) is 0 Å². The molecule has 1 aromatic rings. The van der Waals surface area contributed by atoms with Crippen molar-refractivity contribution in [2.45, 2.75) is 50.0 Å². The van der Waals surface area contributed by atoms with Gasteiger partial charge in [-0.05, 0) is 25.7 Å². The SMILES string of the molecule is Cn1nc(NC(=O)C(=O)NC2(CO)CC2)cc1C1CCCC1. The predicted molar refractivity (Wildman–Crippen MR) is 80.2 cm³/mol. The van der Waals surface area contributed by atoms with Crippen LogP contribution in [-0.2, 0) is 16.6 Å². The van der Waals surface area contributed by atoms with Crippen molar-refractivity contribution in [3.63, 3.8) is 0 Å². The molecule has 0 saturated heterocycles. The van der Waals surface area contributed by atoms with Crippen molar-refractivity contribution in [2.75, 3.05) is 11.9 Å². The second-order valence-corrected chi connectivity index (χ2v) is 6.41. The minimum atomic E-state index is -0.740. The van der Waals surface area contributed by atoms with Crippen molar-refractivity contribution in [2.24, 2.45) is 7.05 Å². The molecular weight excluding hydrogens is 284 g/mol. The lowest BCUT2D eigenvalue weighted by Crippen LogP contribution is -2.45. The molecule has 0 bridgehead atoms. The molecule has 1 aromatic heterocycles. The molecule has 3 rings (SSSR count). The number of carbonyl (C=O) groups is 2. The van der Waals surface area contributed by atoms with E-state index in [4.69, 9.17) is 0 Å². The molecule has 1 heterocycles. The molecule has 0 radical (unpaired) electrons. The predicted octanol–water partition coefficient (Wildman–Crippen LogP) is 0.657. The van der Waals surface area contributed by atoms with Crippen LogP contribution in [0.2, 0.25) is 0 Å². The van der Waals surface area contributed by atoms with E-state index < -0.39 is 17.4 Å². The van der Waals surface area contributed by atoms with Crippen LogP contribution in [0.3, 0.4) is 0 Å². The van der Waals surface area contributed by atoms with Crippen LogP contribution in [0, 0.1) is 0 Å². The number of nitrogens with one attached hydrogen (secondary N) is 2. The number of amides is 2. The lowest BCUT2D eigenvalue weighted by molar-refractivity contribution is -0.137. The number of hydrogen-bond acceptors (Lipinski definition) is 4. The summed E-state index contributed by atoms with van der Waals surface area (Å²) in [5.74, 6) is -0.574. The number of aliphatic hydroxyl groups excluding tert-OH is 1. The van der Waals surface area contributed by atoms with Gasteiger partial charge in [-0.1, -0.05) is 12.8 Å². The summed E-state index contributed by atoms with van der Waals surface area (Å²) in [7, 11) is 1.86. The van der Waals surface area contributed by atoms with Crippen LogP contribution in [0.4, 0.5) is 5.82 Å². The topological polar surface area (TPSA) is 96.2 Å². The number of aliphatic hydroxyl groups is 1. The van der Waals surface area contributed by atoms with Gasteiger partial charge in [-0.3, -0.25) is 14.3 Å². The van der Waals surface area contributed by atoms with Crippen molar-refractivity contribution >= 4 is 17.6 Å². The number of anilines is 1. The van der Waals surface area contributed by atoms with Gasteiger partial charge >= 0.3 is 11.8 Å². The van der Waals surface area contributed by atoms with Crippen molar-refractivity contribution < 1.29 is 14.7 Å². The second-order valence-electron chi connectivity index (χ2n) is 6.41. The lowest BCUT2D eigenvalue weighted by atomic mass is 10.0. The smallest absolute Gasteiger partial charge is 0.314 e. The normalized spacial score (nSPS) is 19.9. The highest BCUT2D eigenvalue weighted by atomic mass is 16.3. The van der Waals surface area contributed by atoms with Crippen molar-refractivity contribution in [3.8, 4) is 0 Å². The summed E-state index contributed by atoms with van der Waals surface area (Å²) in [5.41, 5.74) is 0.510. The fraction of sp³-hybridized carbons (Fsp3) is 0.667. The second kappa shape index (κ2) is 5.72. The number of hydrogen-bond donors (Lipinski definition) is 3. The van der Waals surface area contributed by atoms with E-state index in [0.717, 1.165) is 18.5 Å². The summed E-state index contributed by atoms with van der Waals surface area (Å²) < 4.78 is 1.78. The maximum atomic E-state index is 11.9. The molecule has 0 unspecified atom stereocenters. The Morgan fingerprint density at radius 1 is 1.36 bits per heavy atom. The average Bonchev–Trinajstić information content (AvgIpc) is 2.90. The van der Waals surface area contributed by atoms with Gasteiger partial charge in [0.2, 0.25) is 0 Å². The minimum Gasteiger partial charge on any atom is -0.394 e. The third kappa shape index (κ3) is 2.99. The molecule has 22 heavy (non-hydrogen) atoms. The summed E-state index contributed by atoms with van der Waals surface area (Å²) in [6.45, 7) is -0.137. The summed E-state index contributed by atoms with van der Waals surface area (Å²) in [6.07, 6.45) is 6.15. The van der Waals surface area contributed by atoms with E-state index in [1.807, 2.05) is 13.1 Å². The minimum absolute atomic E-state index is 0.137. The van der Waals surface area contributed by atoms with Crippen LogP contribution in [-0.4, -0.2) is 38.8 Å². The number of nitrogens with zero attached hydrogens (tertiary/aromatic N) is 2. The van der Waals surface area contributed by atoms with Crippen LogP contribution in [0.15, 0.2) is 6.07 Å². The number of carbonyl (C=O) groups excluding carboxylic acids is 2. The average molecular weight is 306 g/mol. The number of aryl methyl sites for hydroxylation is 1. The third-order valence-electron chi connectivity index (χ3n) is 4.67. The fourth-order valence-electron chi connectivity index (χ4n) is 3.09.